The molecular weight excluding hydrogens is 287 g/mol. The highest BCUT2D eigenvalue weighted by molar-refractivity contribution is 9.10. The molecule has 0 aliphatic heterocycles. The Balaban J connectivity index is 2.76. The number of aliphatic carboxylic acids is 1. The van der Waals surface area contributed by atoms with Gasteiger partial charge in [-0.25, -0.2) is 4.39 Å². The van der Waals surface area contributed by atoms with Crippen LogP contribution in [0.5, 0.6) is 0 Å². The van der Waals surface area contributed by atoms with Crippen LogP contribution in [-0.4, -0.2) is 21.0 Å². The van der Waals surface area contributed by atoms with Crippen LogP contribution >= 0.6 is 15.9 Å². The SMILES string of the molecule is O=C(O)CS(=O)Cc1cc(Br)ccc1F. The summed E-state index contributed by atoms with van der Waals surface area (Å²) >= 11 is 3.16. The van der Waals surface area contributed by atoms with Gasteiger partial charge in [0.1, 0.15) is 11.6 Å². The van der Waals surface area contributed by atoms with Crippen LogP contribution in [0.1, 0.15) is 5.56 Å². The second-order valence-corrected chi connectivity index (χ2v) is 5.23. The molecule has 0 spiro atoms. The fraction of sp³-hybridized carbons (Fsp3) is 0.222. The second kappa shape index (κ2) is 5.37. The number of rotatable bonds is 4. The van der Waals surface area contributed by atoms with Gasteiger partial charge in [-0.2, -0.15) is 0 Å². The van der Waals surface area contributed by atoms with Gasteiger partial charge < -0.3 is 5.11 Å². The molecule has 0 aliphatic rings. The maximum Gasteiger partial charge on any atom is 0.316 e. The first kappa shape index (κ1) is 12.3. The Morgan fingerprint density at radius 2 is 2.20 bits per heavy atom. The quantitative estimate of drug-likeness (QED) is 0.923. The summed E-state index contributed by atoms with van der Waals surface area (Å²) in [6.45, 7) is 0. The van der Waals surface area contributed by atoms with E-state index in [0.29, 0.717) is 4.47 Å². The Morgan fingerprint density at radius 1 is 1.53 bits per heavy atom. The number of hydrogen-bond donors (Lipinski definition) is 1. The zero-order valence-electron chi connectivity index (χ0n) is 7.57. The average Bonchev–Trinajstić information content (AvgIpc) is 2.10. The zero-order chi connectivity index (χ0) is 11.4. The van der Waals surface area contributed by atoms with E-state index >= 15 is 0 Å². The molecule has 1 N–H and O–H groups in total. The topological polar surface area (TPSA) is 54.4 Å². The fourth-order valence-corrected chi connectivity index (χ4v) is 2.37. The van der Waals surface area contributed by atoms with E-state index in [9.17, 15) is 13.4 Å². The molecule has 15 heavy (non-hydrogen) atoms. The minimum atomic E-state index is -1.58. The van der Waals surface area contributed by atoms with E-state index in [0.717, 1.165) is 0 Å². The highest BCUT2D eigenvalue weighted by Gasteiger charge is 2.10. The molecule has 0 fully saturated rings. The van der Waals surface area contributed by atoms with Crippen LogP contribution in [0.25, 0.3) is 0 Å². The molecule has 3 nitrogen and oxygen atoms in total. The second-order valence-electron chi connectivity index (χ2n) is 2.86. The average molecular weight is 295 g/mol. The van der Waals surface area contributed by atoms with Crippen LogP contribution < -0.4 is 0 Å². The van der Waals surface area contributed by atoms with Crippen LogP contribution in [-0.2, 0) is 21.3 Å². The van der Waals surface area contributed by atoms with Gasteiger partial charge in [0.05, 0.1) is 5.75 Å². The molecule has 1 unspecified atom stereocenters. The third-order valence-electron chi connectivity index (χ3n) is 1.61. The van der Waals surface area contributed by atoms with Gasteiger partial charge in [-0.3, -0.25) is 9.00 Å². The number of carboxylic acid groups (broad SMARTS) is 1. The number of halogens is 2. The van der Waals surface area contributed by atoms with Crippen molar-refractivity contribution < 1.29 is 18.5 Å². The number of carboxylic acids is 1. The smallest absolute Gasteiger partial charge is 0.316 e. The van der Waals surface area contributed by atoms with Crippen LogP contribution in [0.4, 0.5) is 4.39 Å². The fourth-order valence-electron chi connectivity index (χ4n) is 1.02. The normalized spacial score (nSPS) is 12.4. The molecule has 0 saturated heterocycles. The standard InChI is InChI=1S/C9H8BrFO3S/c10-7-1-2-8(11)6(3-7)4-15(14)5-9(12)13/h1-3H,4-5H2,(H,12,13). The lowest BCUT2D eigenvalue weighted by atomic mass is 10.2. The first-order valence-electron chi connectivity index (χ1n) is 3.99. The summed E-state index contributed by atoms with van der Waals surface area (Å²) in [4.78, 5) is 10.3. The minimum absolute atomic E-state index is 0.0857. The Labute approximate surface area is 96.9 Å². The summed E-state index contributed by atoms with van der Waals surface area (Å²) in [7, 11) is -1.58. The van der Waals surface area contributed by atoms with E-state index in [-0.39, 0.29) is 11.3 Å². The van der Waals surface area contributed by atoms with Crippen LogP contribution in [0.2, 0.25) is 0 Å². The predicted molar refractivity (Wildman–Crippen MR) is 58.4 cm³/mol. The first-order valence-corrected chi connectivity index (χ1v) is 6.28. The molecule has 0 amide bonds. The van der Waals surface area contributed by atoms with Gasteiger partial charge in [0.25, 0.3) is 0 Å². The highest BCUT2D eigenvalue weighted by atomic mass is 79.9. The molecular formula is C9H8BrFO3S. The van der Waals surface area contributed by atoms with Gasteiger partial charge in [0, 0.05) is 20.8 Å². The molecule has 0 bridgehead atoms. The van der Waals surface area contributed by atoms with Crippen molar-refractivity contribution in [2.75, 3.05) is 5.75 Å². The number of carbonyl (C=O) groups is 1. The van der Waals surface area contributed by atoms with E-state index in [1.165, 1.54) is 18.2 Å². The molecule has 1 atom stereocenters. The molecule has 82 valence electrons. The summed E-state index contributed by atoms with van der Waals surface area (Å²) in [6, 6.07) is 4.27. The molecule has 0 aliphatic carbocycles. The lowest BCUT2D eigenvalue weighted by Gasteiger charge is -2.02. The van der Waals surface area contributed by atoms with E-state index in [1.807, 2.05) is 0 Å². The lowest BCUT2D eigenvalue weighted by molar-refractivity contribution is -0.133. The van der Waals surface area contributed by atoms with Crippen molar-refractivity contribution >= 4 is 32.7 Å². The number of hydrogen-bond acceptors (Lipinski definition) is 2. The van der Waals surface area contributed by atoms with Crippen LogP contribution in [0.3, 0.4) is 0 Å². The lowest BCUT2D eigenvalue weighted by Crippen LogP contribution is -2.11. The summed E-state index contributed by atoms with van der Waals surface area (Å²) < 4.78 is 25.1. The minimum Gasteiger partial charge on any atom is -0.481 e. The summed E-state index contributed by atoms with van der Waals surface area (Å²) in [5.74, 6) is -2.18. The highest BCUT2D eigenvalue weighted by Crippen LogP contribution is 2.16. The van der Waals surface area contributed by atoms with Crippen molar-refractivity contribution in [1.29, 1.82) is 0 Å². The molecule has 6 heteroatoms. The Morgan fingerprint density at radius 3 is 2.80 bits per heavy atom. The molecule has 0 aromatic heterocycles. The molecule has 1 rings (SSSR count). The zero-order valence-corrected chi connectivity index (χ0v) is 9.98. The Hall–Kier alpha value is -0.750. The predicted octanol–water partition coefficient (Wildman–Crippen LogP) is 1.92. The van der Waals surface area contributed by atoms with Crippen molar-refractivity contribution in [2.45, 2.75) is 5.75 Å². The molecule has 0 radical (unpaired) electrons. The Bertz CT molecular complexity index is 408. The van der Waals surface area contributed by atoms with E-state index in [1.54, 1.807) is 0 Å². The largest absolute Gasteiger partial charge is 0.481 e. The Kier molecular flexibility index (Phi) is 4.41. The van der Waals surface area contributed by atoms with Gasteiger partial charge in [-0.15, -0.1) is 0 Å². The van der Waals surface area contributed by atoms with Gasteiger partial charge in [0.2, 0.25) is 0 Å². The molecule has 0 saturated carbocycles. The molecule has 1 aromatic carbocycles. The van der Waals surface area contributed by atoms with E-state index < -0.39 is 28.3 Å². The van der Waals surface area contributed by atoms with Crippen molar-refractivity contribution in [3.8, 4) is 0 Å². The first-order chi connectivity index (χ1) is 6.99. The summed E-state index contributed by atoms with van der Waals surface area (Å²) in [5.41, 5.74) is 0.254. The van der Waals surface area contributed by atoms with Crippen molar-refractivity contribution in [3.63, 3.8) is 0 Å². The third-order valence-corrected chi connectivity index (χ3v) is 3.30. The monoisotopic (exact) mass is 294 g/mol. The number of benzene rings is 1. The van der Waals surface area contributed by atoms with Gasteiger partial charge >= 0.3 is 5.97 Å². The van der Waals surface area contributed by atoms with Crippen molar-refractivity contribution in [3.05, 3.63) is 34.1 Å². The van der Waals surface area contributed by atoms with E-state index in [2.05, 4.69) is 15.9 Å². The molecule has 1 aromatic rings. The van der Waals surface area contributed by atoms with Crippen molar-refractivity contribution in [1.82, 2.24) is 0 Å². The van der Waals surface area contributed by atoms with Crippen molar-refractivity contribution in [2.24, 2.45) is 0 Å². The third kappa shape index (κ3) is 4.09. The van der Waals surface area contributed by atoms with Gasteiger partial charge in [-0.05, 0) is 18.2 Å². The van der Waals surface area contributed by atoms with Gasteiger partial charge in [0.15, 0.2) is 0 Å². The maximum absolute atomic E-state index is 13.2. The summed E-state index contributed by atoms with van der Waals surface area (Å²) in [5, 5.41) is 8.39. The summed E-state index contributed by atoms with van der Waals surface area (Å²) in [6.07, 6.45) is 0. The van der Waals surface area contributed by atoms with Crippen LogP contribution in [0.15, 0.2) is 22.7 Å². The maximum atomic E-state index is 13.2. The van der Waals surface area contributed by atoms with E-state index in [4.69, 9.17) is 5.11 Å². The molecule has 0 heterocycles. The van der Waals surface area contributed by atoms with Crippen LogP contribution in [0, 0.1) is 5.82 Å². The van der Waals surface area contributed by atoms with Gasteiger partial charge in [-0.1, -0.05) is 15.9 Å².